The van der Waals surface area contributed by atoms with Crippen LogP contribution in [0.4, 0.5) is 0 Å². The van der Waals surface area contributed by atoms with Crippen LogP contribution < -0.4 is 4.74 Å². The van der Waals surface area contributed by atoms with Crippen molar-refractivity contribution >= 4 is 22.9 Å². The minimum atomic E-state index is -0.612. The molecule has 1 aromatic carbocycles. The number of aliphatic hydroxyl groups excluding tert-OH is 1. The third-order valence-corrected chi connectivity index (χ3v) is 3.15. The van der Waals surface area contributed by atoms with Crippen LogP contribution in [0.2, 0.25) is 5.02 Å². The second-order valence-corrected chi connectivity index (χ2v) is 4.78. The lowest BCUT2D eigenvalue weighted by Gasteiger charge is -2.13. The Kier molecular flexibility index (Phi) is 3.99. The second kappa shape index (κ2) is 5.49. The molecule has 0 bridgehead atoms. The van der Waals surface area contributed by atoms with E-state index >= 15 is 0 Å². The van der Waals surface area contributed by atoms with Crippen LogP contribution in [0.3, 0.4) is 0 Å². The average Bonchev–Trinajstić information content (AvgIpc) is 2.80. The van der Waals surface area contributed by atoms with Crippen molar-refractivity contribution < 1.29 is 9.84 Å². The van der Waals surface area contributed by atoms with Crippen LogP contribution in [0.1, 0.15) is 24.3 Å². The van der Waals surface area contributed by atoms with Gasteiger partial charge in [-0.25, -0.2) is 4.98 Å². The van der Waals surface area contributed by atoms with Gasteiger partial charge in [0.2, 0.25) is 0 Å². The lowest BCUT2D eigenvalue weighted by atomic mass is 10.1. The monoisotopic (exact) mass is 269 g/mol. The Balaban J connectivity index is 2.14. The number of hydrogen-bond acceptors (Lipinski definition) is 4. The fourth-order valence-corrected chi connectivity index (χ4v) is 2.16. The van der Waals surface area contributed by atoms with E-state index in [1.54, 1.807) is 30.6 Å². The van der Waals surface area contributed by atoms with Gasteiger partial charge in [-0.1, -0.05) is 11.6 Å². The van der Waals surface area contributed by atoms with Gasteiger partial charge in [0, 0.05) is 16.0 Å². The molecule has 0 saturated carbocycles. The molecule has 0 aliphatic heterocycles. The Labute approximate surface area is 109 Å². The highest BCUT2D eigenvalue weighted by molar-refractivity contribution is 7.07. The Morgan fingerprint density at radius 3 is 3.00 bits per heavy atom. The van der Waals surface area contributed by atoms with Crippen molar-refractivity contribution in [3.63, 3.8) is 0 Å². The van der Waals surface area contributed by atoms with Gasteiger partial charge < -0.3 is 9.84 Å². The molecule has 1 N–H and O–H groups in total. The van der Waals surface area contributed by atoms with Crippen molar-refractivity contribution in [1.82, 2.24) is 4.98 Å². The Hall–Kier alpha value is -1.10. The van der Waals surface area contributed by atoms with Crippen LogP contribution >= 0.6 is 22.9 Å². The molecule has 0 spiro atoms. The maximum Gasteiger partial charge on any atom is 0.131 e. The minimum absolute atomic E-state index is 0.394. The van der Waals surface area contributed by atoms with E-state index < -0.39 is 6.10 Å². The summed E-state index contributed by atoms with van der Waals surface area (Å²) in [5.41, 5.74) is 3.32. The van der Waals surface area contributed by atoms with Gasteiger partial charge >= 0.3 is 0 Å². The number of ether oxygens (including phenoxy) is 1. The normalized spacial score (nSPS) is 12.4. The number of nitrogens with zero attached hydrogens (tertiary/aromatic N) is 1. The van der Waals surface area contributed by atoms with E-state index in [2.05, 4.69) is 4.98 Å². The summed E-state index contributed by atoms with van der Waals surface area (Å²) in [4.78, 5) is 4.13. The van der Waals surface area contributed by atoms with Gasteiger partial charge in [-0.15, -0.1) is 11.3 Å². The minimum Gasteiger partial charge on any atom is -0.487 e. The number of hydrogen-bond donors (Lipinski definition) is 1. The quantitative estimate of drug-likeness (QED) is 0.925. The first kappa shape index (κ1) is 12.4. The van der Waals surface area contributed by atoms with Gasteiger partial charge in [-0.05, 0) is 25.1 Å². The molecule has 1 atom stereocenters. The molecule has 3 nitrogen and oxygen atoms in total. The summed E-state index contributed by atoms with van der Waals surface area (Å²) in [5.74, 6) is 0.636. The van der Waals surface area contributed by atoms with Crippen LogP contribution in [0.15, 0.2) is 29.1 Å². The molecule has 0 aliphatic carbocycles. The van der Waals surface area contributed by atoms with Crippen LogP contribution in [-0.4, -0.2) is 10.1 Å². The van der Waals surface area contributed by atoms with Gasteiger partial charge in [-0.3, -0.25) is 0 Å². The zero-order chi connectivity index (χ0) is 12.3. The lowest BCUT2D eigenvalue weighted by Crippen LogP contribution is -2.01. The molecule has 1 heterocycles. The fraction of sp³-hybridized carbons (Fsp3) is 0.250. The van der Waals surface area contributed by atoms with Gasteiger partial charge in [-0.2, -0.15) is 0 Å². The molecular weight excluding hydrogens is 258 g/mol. The molecule has 0 fully saturated rings. The number of aromatic nitrogens is 1. The van der Waals surface area contributed by atoms with Crippen molar-refractivity contribution in [2.75, 3.05) is 0 Å². The van der Waals surface area contributed by atoms with E-state index in [4.69, 9.17) is 16.3 Å². The first-order valence-electron chi connectivity index (χ1n) is 5.14. The smallest absolute Gasteiger partial charge is 0.131 e. The van der Waals surface area contributed by atoms with Gasteiger partial charge in [0.15, 0.2) is 0 Å². The molecule has 2 rings (SSSR count). The standard InChI is InChI=1S/C12H12ClNO2S/c1-8(15)11-4-9(13)2-3-12(11)16-5-10-6-17-7-14-10/h2-4,6-8,15H,5H2,1H3. The third-order valence-electron chi connectivity index (χ3n) is 2.28. The van der Waals surface area contributed by atoms with E-state index in [1.165, 1.54) is 11.3 Å². The molecule has 1 unspecified atom stereocenters. The Morgan fingerprint density at radius 1 is 1.53 bits per heavy atom. The Bertz CT molecular complexity index is 485. The van der Waals surface area contributed by atoms with Crippen LogP contribution in [0, 0.1) is 0 Å². The highest BCUT2D eigenvalue weighted by Crippen LogP contribution is 2.28. The summed E-state index contributed by atoms with van der Waals surface area (Å²) in [6.07, 6.45) is -0.612. The summed E-state index contributed by atoms with van der Waals surface area (Å²) in [6, 6.07) is 5.21. The number of aliphatic hydroxyl groups is 1. The number of rotatable bonds is 4. The van der Waals surface area contributed by atoms with Gasteiger partial charge in [0.05, 0.1) is 17.3 Å². The molecule has 90 valence electrons. The van der Waals surface area contributed by atoms with Crippen molar-refractivity contribution in [1.29, 1.82) is 0 Å². The highest BCUT2D eigenvalue weighted by Gasteiger charge is 2.10. The van der Waals surface area contributed by atoms with E-state index in [0.29, 0.717) is 22.9 Å². The largest absolute Gasteiger partial charge is 0.487 e. The summed E-state index contributed by atoms with van der Waals surface area (Å²) < 4.78 is 5.62. The predicted molar refractivity (Wildman–Crippen MR) is 68.5 cm³/mol. The van der Waals surface area contributed by atoms with Crippen LogP contribution in [0.25, 0.3) is 0 Å². The topological polar surface area (TPSA) is 42.4 Å². The lowest BCUT2D eigenvalue weighted by molar-refractivity contribution is 0.190. The SMILES string of the molecule is CC(O)c1cc(Cl)ccc1OCc1cscn1. The van der Waals surface area contributed by atoms with E-state index in [9.17, 15) is 5.11 Å². The zero-order valence-electron chi connectivity index (χ0n) is 9.26. The predicted octanol–water partition coefficient (Wildman–Crippen LogP) is 3.43. The number of halogens is 1. The first-order valence-corrected chi connectivity index (χ1v) is 6.46. The first-order chi connectivity index (χ1) is 8.16. The zero-order valence-corrected chi connectivity index (χ0v) is 10.8. The summed E-state index contributed by atoms with van der Waals surface area (Å²) in [7, 11) is 0. The van der Waals surface area contributed by atoms with E-state index in [-0.39, 0.29) is 0 Å². The van der Waals surface area contributed by atoms with Crippen molar-refractivity contribution in [2.45, 2.75) is 19.6 Å². The maximum absolute atomic E-state index is 9.63. The summed E-state index contributed by atoms with van der Waals surface area (Å²) in [6.45, 7) is 2.08. The van der Waals surface area contributed by atoms with Crippen molar-refractivity contribution in [3.8, 4) is 5.75 Å². The molecule has 0 aliphatic rings. The van der Waals surface area contributed by atoms with Crippen molar-refractivity contribution in [3.05, 3.63) is 45.4 Å². The van der Waals surface area contributed by atoms with E-state index in [1.807, 2.05) is 5.38 Å². The Morgan fingerprint density at radius 2 is 2.35 bits per heavy atom. The molecular formula is C12H12ClNO2S. The molecule has 5 heteroatoms. The number of thiazole rings is 1. The second-order valence-electron chi connectivity index (χ2n) is 3.63. The molecule has 2 aromatic rings. The highest BCUT2D eigenvalue weighted by atomic mass is 35.5. The third kappa shape index (κ3) is 3.19. The molecule has 17 heavy (non-hydrogen) atoms. The van der Waals surface area contributed by atoms with Gasteiger partial charge in [0.25, 0.3) is 0 Å². The van der Waals surface area contributed by atoms with Crippen LogP contribution in [-0.2, 0) is 6.61 Å². The van der Waals surface area contributed by atoms with Crippen LogP contribution in [0.5, 0.6) is 5.75 Å². The van der Waals surface area contributed by atoms with Crippen molar-refractivity contribution in [2.24, 2.45) is 0 Å². The average molecular weight is 270 g/mol. The molecule has 0 amide bonds. The molecule has 1 aromatic heterocycles. The molecule has 0 saturated heterocycles. The summed E-state index contributed by atoms with van der Waals surface area (Å²) >= 11 is 7.41. The molecule has 0 radical (unpaired) electrons. The maximum atomic E-state index is 9.63. The number of benzene rings is 1. The summed E-state index contributed by atoms with van der Waals surface area (Å²) in [5, 5.41) is 12.1. The van der Waals surface area contributed by atoms with Gasteiger partial charge in [0.1, 0.15) is 12.4 Å². The van der Waals surface area contributed by atoms with E-state index in [0.717, 1.165) is 5.69 Å². The fourth-order valence-electron chi connectivity index (χ4n) is 1.44.